The first-order valence-corrected chi connectivity index (χ1v) is 14.0. The molecule has 0 aliphatic carbocycles. The Bertz CT molecular complexity index is 804. The highest BCUT2D eigenvalue weighted by Gasteiger charge is 2.76. The van der Waals surface area contributed by atoms with E-state index in [2.05, 4.69) is 27.0 Å². The number of thioether (sulfide) groups is 1. The van der Waals surface area contributed by atoms with Gasteiger partial charge in [0.1, 0.15) is 6.04 Å². The molecule has 3 aliphatic heterocycles. The Morgan fingerprint density at radius 1 is 1.26 bits per heavy atom. The number of carbonyl (C=O) groups is 3. The van der Waals surface area contributed by atoms with Crippen LogP contribution in [0.2, 0.25) is 0 Å². The molecule has 3 rings (SSSR count). The van der Waals surface area contributed by atoms with Gasteiger partial charge in [-0.3, -0.25) is 14.4 Å². The van der Waals surface area contributed by atoms with Gasteiger partial charge in [-0.05, 0) is 38.0 Å². The number of aliphatic hydroxyl groups excluding tert-OH is 1. The molecule has 0 aromatic carbocycles. The van der Waals surface area contributed by atoms with E-state index in [1.165, 1.54) is 0 Å². The van der Waals surface area contributed by atoms with Gasteiger partial charge in [0.25, 0.3) is 0 Å². The number of fused-ring (bicyclic) bond motifs is 1. The zero-order chi connectivity index (χ0) is 25.6. The highest BCUT2D eigenvalue weighted by Crippen LogP contribution is 2.68. The maximum atomic E-state index is 14.0. The van der Waals surface area contributed by atoms with Gasteiger partial charge in [-0.2, -0.15) is 0 Å². The molecule has 35 heavy (non-hydrogen) atoms. The van der Waals surface area contributed by atoms with Crippen LogP contribution in [-0.2, 0) is 19.1 Å². The number of aliphatic hydroxyl groups is 1. The number of hydrogen-bond acceptors (Lipinski definition) is 6. The summed E-state index contributed by atoms with van der Waals surface area (Å²) in [6.45, 7) is 13.0. The van der Waals surface area contributed by atoms with Crippen LogP contribution in [0.5, 0.6) is 0 Å². The minimum absolute atomic E-state index is 0.0286. The van der Waals surface area contributed by atoms with Crippen LogP contribution in [0, 0.1) is 17.8 Å². The zero-order valence-corrected chi connectivity index (χ0v) is 22.1. The third-order valence-electron chi connectivity index (χ3n) is 7.83. The summed E-state index contributed by atoms with van der Waals surface area (Å²) in [7, 11) is 0. The molecule has 6 atom stereocenters. The predicted molar refractivity (Wildman–Crippen MR) is 139 cm³/mol. The number of rotatable bonds is 15. The van der Waals surface area contributed by atoms with Crippen LogP contribution in [0.3, 0.4) is 0 Å². The van der Waals surface area contributed by atoms with Gasteiger partial charge >= 0.3 is 5.97 Å². The third kappa shape index (κ3) is 5.19. The summed E-state index contributed by atoms with van der Waals surface area (Å²) >= 11 is 1.64. The van der Waals surface area contributed by atoms with Crippen molar-refractivity contribution in [2.75, 3.05) is 32.8 Å². The first-order valence-electron chi connectivity index (χ1n) is 13.1. The number of amides is 2. The fourth-order valence-corrected chi connectivity index (χ4v) is 8.65. The molecule has 0 radical (unpaired) electrons. The number of ether oxygens (including phenoxy) is 1. The van der Waals surface area contributed by atoms with Gasteiger partial charge < -0.3 is 19.6 Å². The summed E-state index contributed by atoms with van der Waals surface area (Å²) in [4.78, 5) is 44.4. The fourth-order valence-electron chi connectivity index (χ4n) is 6.25. The number of esters is 1. The number of nitrogens with zero attached hydrogens (tertiary/aromatic N) is 2. The van der Waals surface area contributed by atoms with Crippen molar-refractivity contribution in [3.63, 3.8) is 0 Å². The summed E-state index contributed by atoms with van der Waals surface area (Å²) in [5.74, 6) is -1.65. The van der Waals surface area contributed by atoms with Gasteiger partial charge in [0.05, 0.1) is 29.8 Å². The number of hydrogen-bond donors (Lipinski definition) is 1. The highest BCUT2D eigenvalue weighted by molar-refractivity contribution is 8.02. The topological polar surface area (TPSA) is 87.2 Å². The van der Waals surface area contributed by atoms with Gasteiger partial charge in [0, 0.05) is 24.9 Å². The van der Waals surface area contributed by atoms with Crippen LogP contribution in [0.25, 0.3) is 0 Å². The first-order chi connectivity index (χ1) is 16.9. The van der Waals surface area contributed by atoms with Gasteiger partial charge in [-0.25, -0.2) is 0 Å². The van der Waals surface area contributed by atoms with Gasteiger partial charge in [0.15, 0.2) is 0 Å². The van der Waals surface area contributed by atoms with E-state index in [4.69, 9.17) is 4.74 Å². The highest BCUT2D eigenvalue weighted by atomic mass is 32.2. The Kier molecular flexibility index (Phi) is 9.87. The lowest BCUT2D eigenvalue weighted by molar-refractivity contribution is -0.154. The Labute approximate surface area is 214 Å². The lowest BCUT2D eigenvalue weighted by atomic mass is 9.66. The second-order valence-corrected chi connectivity index (χ2v) is 11.6. The van der Waals surface area contributed by atoms with E-state index in [0.29, 0.717) is 19.7 Å². The smallest absolute Gasteiger partial charge is 0.310 e. The van der Waals surface area contributed by atoms with E-state index < -0.39 is 22.6 Å². The third-order valence-corrected chi connectivity index (χ3v) is 9.91. The van der Waals surface area contributed by atoms with Gasteiger partial charge in [0.2, 0.25) is 11.8 Å². The molecule has 0 aromatic heterocycles. The standard InChI is InChI=1S/C27H42N2O5S/c1-5-8-10-12-17-34-26(33)21-20-18-19(4)27(35-20)22(21)24(31)29(15-16-30)23(27)25(32)28(13-7-3)14-11-9-6-2/h5,7,19-23,30H,1,3,6,8-18H2,2,4H3/t19?,20-,21+,22-,23?,27?/m0/s1. The molecule has 3 fully saturated rings. The lowest BCUT2D eigenvalue weighted by Gasteiger charge is -2.40. The normalized spacial score (nSPS) is 30.9. The molecule has 1 spiro atoms. The predicted octanol–water partition coefficient (Wildman–Crippen LogP) is 3.42. The van der Waals surface area contributed by atoms with Crippen LogP contribution in [0.15, 0.2) is 25.3 Å². The van der Waals surface area contributed by atoms with Crippen molar-refractivity contribution < 1.29 is 24.2 Å². The molecular weight excluding hydrogens is 464 g/mol. The SMILES string of the molecule is C=CCCCCOC(=O)[C@@H]1[C@@H]2CC(C)C3(S2)C(C(=O)N(CC=C)CCCCC)N(CCO)C(=O)[C@H]13. The van der Waals surface area contributed by atoms with Gasteiger partial charge in [-0.15, -0.1) is 24.9 Å². The molecule has 196 valence electrons. The van der Waals surface area contributed by atoms with Crippen molar-refractivity contribution in [3.8, 4) is 0 Å². The van der Waals surface area contributed by atoms with Crippen LogP contribution >= 0.6 is 11.8 Å². The molecule has 2 bridgehead atoms. The summed E-state index contributed by atoms with van der Waals surface area (Å²) < 4.78 is 4.96. The number of carbonyl (C=O) groups excluding carboxylic acids is 3. The second kappa shape index (κ2) is 12.4. The maximum Gasteiger partial charge on any atom is 0.310 e. The molecule has 3 heterocycles. The molecule has 3 aliphatic rings. The van der Waals surface area contributed by atoms with Crippen molar-refractivity contribution in [1.29, 1.82) is 0 Å². The lowest BCUT2D eigenvalue weighted by Crippen LogP contribution is -2.57. The second-order valence-electron chi connectivity index (χ2n) is 10.0. The summed E-state index contributed by atoms with van der Waals surface area (Å²) in [5.41, 5.74) is 0. The number of β-amino-alcohol motifs (C(OH)–C–C–N with tert-alkyl or cyclic N) is 1. The van der Waals surface area contributed by atoms with E-state index in [0.717, 1.165) is 44.9 Å². The molecule has 1 N–H and O–H groups in total. The van der Waals surface area contributed by atoms with Crippen molar-refractivity contribution in [1.82, 2.24) is 9.80 Å². The molecule has 2 amide bonds. The Hall–Kier alpha value is -1.80. The van der Waals surface area contributed by atoms with Crippen LogP contribution in [0.1, 0.15) is 58.8 Å². The Morgan fingerprint density at radius 2 is 2.03 bits per heavy atom. The van der Waals surface area contributed by atoms with Crippen LogP contribution in [-0.4, -0.2) is 81.6 Å². The number of likely N-dealkylation sites (tertiary alicyclic amines) is 1. The average Bonchev–Trinajstić information content (AvgIpc) is 3.42. The maximum absolute atomic E-state index is 14.0. The molecule has 0 aromatic rings. The van der Waals surface area contributed by atoms with E-state index in [9.17, 15) is 19.5 Å². The minimum atomic E-state index is -0.691. The summed E-state index contributed by atoms with van der Waals surface area (Å²) in [5, 5.41) is 9.75. The largest absolute Gasteiger partial charge is 0.465 e. The quantitative estimate of drug-likeness (QED) is 0.208. The van der Waals surface area contributed by atoms with E-state index in [-0.39, 0.29) is 42.1 Å². The number of allylic oxidation sites excluding steroid dienone is 1. The van der Waals surface area contributed by atoms with Gasteiger partial charge in [-0.1, -0.05) is 38.8 Å². The summed E-state index contributed by atoms with van der Waals surface area (Å²) in [6.07, 6.45) is 9.84. The first kappa shape index (κ1) is 27.8. The Morgan fingerprint density at radius 3 is 2.69 bits per heavy atom. The molecule has 0 saturated carbocycles. The van der Waals surface area contributed by atoms with Crippen LogP contribution in [0.4, 0.5) is 0 Å². The molecule has 3 unspecified atom stereocenters. The fraction of sp³-hybridized carbons (Fsp3) is 0.741. The molecule has 3 saturated heterocycles. The van der Waals surface area contributed by atoms with Crippen molar-refractivity contribution in [2.24, 2.45) is 17.8 Å². The van der Waals surface area contributed by atoms with E-state index in [1.807, 2.05) is 6.08 Å². The molecule has 7 nitrogen and oxygen atoms in total. The molecular formula is C27H42N2O5S. The van der Waals surface area contributed by atoms with E-state index >= 15 is 0 Å². The van der Waals surface area contributed by atoms with Crippen molar-refractivity contribution in [2.45, 2.75) is 74.8 Å². The monoisotopic (exact) mass is 506 g/mol. The van der Waals surface area contributed by atoms with Crippen molar-refractivity contribution >= 4 is 29.5 Å². The zero-order valence-electron chi connectivity index (χ0n) is 21.3. The average molecular weight is 507 g/mol. The minimum Gasteiger partial charge on any atom is -0.465 e. The Balaban J connectivity index is 1.88. The molecule has 8 heteroatoms. The van der Waals surface area contributed by atoms with Crippen molar-refractivity contribution in [3.05, 3.63) is 25.3 Å². The number of unbranched alkanes of at least 4 members (excludes halogenated alkanes) is 4. The summed E-state index contributed by atoms with van der Waals surface area (Å²) in [6, 6.07) is -0.691. The van der Waals surface area contributed by atoms with E-state index in [1.54, 1.807) is 27.6 Å². The van der Waals surface area contributed by atoms with Crippen LogP contribution < -0.4 is 0 Å².